The SMILES string of the molecule is Cc1c(C(=O)N(CC(F)(F)F)c2ccccn2)cnn1-c1ccccn1. The lowest BCUT2D eigenvalue weighted by Gasteiger charge is -2.22. The summed E-state index contributed by atoms with van der Waals surface area (Å²) in [6.45, 7) is 0.149. The molecule has 9 heteroatoms. The van der Waals surface area contributed by atoms with Crippen LogP contribution < -0.4 is 4.90 Å². The third-order valence-electron chi connectivity index (χ3n) is 3.61. The van der Waals surface area contributed by atoms with Gasteiger partial charge in [-0.25, -0.2) is 14.6 Å². The van der Waals surface area contributed by atoms with Crippen molar-refractivity contribution < 1.29 is 18.0 Å². The standard InChI is InChI=1S/C17H14F3N5O/c1-12-13(10-23-25(12)15-7-3-5-9-22-15)16(26)24(11-17(18,19)20)14-6-2-4-8-21-14/h2-10H,11H2,1H3. The first-order valence-corrected chi connectivity index (χ1v) is 7.62. The highest BCUT2D eigenvalue weighted by Gasteiger charge is 2.35. The van der Waals surface area contributed by atoms with Gasteiger partial charge in [0.1, 0.15) is 12.4 Å². The van der Waals surface area contributed by atoms with Crippen molar-refractivity contribution in [3.63, 3.8) is 0 Å². The van der Waals surface area contributed by atoms with Crippen molar-refractivity contribution in [1.29, 1.82) is 0 Å². The molecule has 0 unspecified atom stereocenters. The average molecular weight is 361 g/mol. The summed E-state index contributed by atoms with van der Waals surface area (Å²) >= 11 is 0. The zero-order chi connectivity index (χ0) is 18.7. The van der Waals surface area contributed by atoms with Gasteiger partial charge in [0.2, 0.25) is 0 Å². The number of amides is 1. The molecule has 0 aromatic carbocycles. The number of carbonyl (C=O) groups excluding carboxylic acids is 1. The number of halogens is 3. The van der Waals surface area contributed by atoms with Crippen LogP contribution in [0.15, 0.2) is 55.0 Å². The summed E-state index contributed by atoms with van der Waals surface area (Å²) in [6, 6.07) is 9.57. The molecular weight excluding hydrogens is 347 g/mol. The van der Waals surface area contributed by atoms with Gasteiger partial charge in [0.15, 0.2) is 5.82 Å². The van der Waals surface area contributed by atoms with Gasteiger partial charge in [-0.3, -0.25) is 9.69 Å². The van der Waals surface area contributed by atoms with Crippen LogP contribution in [0.1, 0.15) is 16.1 Å². The van der Waals surface area contributed by atoms with Gasteiger partial charge in [0, 0.05) is 12.4 Å². The Balaban J connectivity index is 1.99. The second-order valence-corrected chi connectivity index (χ2v) is 5.44. The van der Waals surface area contributed by atoms with Crippen molar-refractivity contribution in [1.82, 2.24) is 19.7 Å². The zero-order valence-electron chi connectivity index (χ0n) is 13.7. The van der Waals surface area contributed by atoms with Gasteiger partial charge in [-0.1, -0.05) is 12.1 Å². The summed E-state index contributed by atoms with van der Waals surface area (Å²) in [5.41, 5.74) is 0.433. The number of pyridine rings is 2. The fourth-order valence-corrected chi connectivity index (χ4v) is 2.42. The van der Waals surface area contributed by atoms with Crippen LogP contribution >= 0.6 is 0 Å². The highest BCUT2D eigenvalue weighted by molar-refractivity contribution is 6.06. The molecule has 0 radical (unpaired) electrons. The first kappa shape index (κ1) is 17.6. The number of hydrogen-bond donors (Lipinski definition) is 0. The van der Waals surface area contributed by atoms with Crippen LogP contribution in [0.3, 0.4) is 0 Å². The van der Waals surface area contributed by atoms with E-state index < -0.39 is 18.6 Å². The maximum atomic E-state index is 13.0. The largest absolute Gasteiger partial charge is 0.406 e. The smallest absolute Gasteiger partial charge is 0.283 e. The summed E-state index contributed by atoms with van der Waals surface area (Å²) in [5, 5.41) is 4.08. The molecule has 1 amide bonds. The van der Waals surface area contributed by atoms with Crippen molar-refractivity contribution in [3.05, 3.63) is 66.2 Å². The molecule has 0 aliphatic heterocycles. The second-order valence-electron chi connectivity index (χ2n) is 5.44. The molecule has 3 heterocycles. The van der Waals surface area contributed by atoms with E-state index in [4.69, 9.17) is 0 Å². The van der Waals surface area contributed by atoms with Gasteiger partial charge >= 0.3 is 6.18 Å². The fourth-order valence-electron chi connectivity index (χ4n) is 2.42. The first-order valence-electron chi connectivity index (χ1n) is 7.62. The monoisotopic (exact) mass is 361 g/mol. The molecule has 0 aliphatic rings. The van der Waals surface area contributed by atoms with Gasteiger partial charge in [-0.05, 0) is 31.2 Å². The van der Waals surface area contributed by atoms with E-state index in [9.17, 15) is 18.0 Å². The van der Waals surface area contributed by atoms with E-state index in [1.54, 1.807) is 37.4 Å². The summed E-state index contributed by atoms with van der Waals surface area (Å²) in [4.78, 5) is 21.4. The van der Waals surface area contributed by atoms with E-state index >= 15 is 0 Å². The fraction of sp³-hybridized carbons (Fsp3) is 0.176. The highest BCUT2D eigenvalue weighted by Crippen LogP contribution is 2.24. The minimum atomic E-state index is -4.57. The third kappa shape index (κ3) is 3.71. The predicted octanol–water partition coefficient (Wildman–Crippen LogP) is 3.18. The zero-order valence-corrected chi connectivity index (χ0v) is 13.7. The normalized spacial score (nSPS) is 11.4. The number of alkyl halides is 3. The Morgan fingerprint density at radius 1 is 1.12 bits per heavy atom. The van der Waals surface area contributed by atoms with Crippen molar-refractivity contribution in [2.24, 2.45) is 0 Å². The van der Waals surface area contributed by atoms with E-state index in [2.05, 4.69) is 15.1 Å². The van der Waals surface area contributed by atoms with Gasteiger partial charge in [-0.15, -0.1) is 0 Å². The number of nitrogens with zero attached hydrogens (tertiary/aromatic N) is 5. The molecule has 26 heavy (non-hydrogen) atoms. The van der Waals surface area contributed by atoms with Crippen molar-refractivity contribution in [3.8, 4) is 5.82 Å². The second kappa shape index (κ2) is 6.95. The Morgan fingerprint density at radius 2 is 1.81 bits per heavy atom. The quantitative estimate of drug-likeness (QED) is 0.716. The van der Waals surface area contributed by atoms with Crippen molar-refractivity contribution in [2.45, 2.75) is 13.1 Å². The van der Waals surface area contributed by atoms with E-state index in [0.717, 1.165) is 0 Å². The maximum Gasteiger partial charge on any atom is 0.406 e. The van der Waals surface area contributed by atoms with Crippen LogP contribution in [0.4, 0.5) is 19.0 Å². The Morgan fingerprint density at radius 3 is 2.38 bits per heavy atom. The lowest BCUT2D eigenvalue weighted by molar-refractivity contribution is -0.118. The molecule has 0 saturated heterocycles. The predicted molar refractivity (Wildman–Crippen MR) is 88.1 cm³/mol. The Hall–Kier alpha value is -3.23. The third-order valence-corrected chi connectivity index (χ3v) is 3.61. The van der Waals surface area contributed by atoms with E-state index in [1.807, 2.05) is 0 Å². The van der Waals surface area contributed by atoms with Crippen LogP contribution in [0, 0.1) is 6.92 Å². The first-order chi connectivity index (χ1) is 12.4. The Bertz CT molecular complexity index is 894. The number of carbonyl (C=O) groups is 1. The summed E-state index contributed by atoms with van der Waals surface area (Å²) < 4.78 is 40.4. The number of hydrogen-bond acceptors (Lipinski definition) is 4. The lowest BCUT2D eigenvalue weighted by atomic mass is 10.2. The van der Waals surface area contributed by atoms with Crippen LogP contribution in [0.2, 0.25) is 0 Å². The number of aromatic nitrogens is 4. The molecule has 134 valence electrons. The summed E-state index contributed by atoms with van der Waals surface area (Å²) in [7, 11) is 0. The highest BCUT2D eigenvalue weighted by atomic mass is 19.4. The molecule has 0 saturated carbocycles. The number of rotatable bonds is 4. The van der Waals surface area contributed by atoms with Gasteiger partial charge in [0.25, 0.3) is 5.91 Å². The molecule has 0 atom stereocenters. The van der Waals surface area contributed by atoms with E-state index in [0.29, 0.717) is 16.4 Å². The molecule has 3 aromatic heterocycles. The average Bonchev–Trinajstić information content (AvgIpc) is 3.01. The Kier molecular flexibility index (Phi) is 4.70. The minimum Gasteiger partial charge on any atom is -0.283 e. The van der Waals surface area contributed by atoms with Crippen molar-refractivity contribution in [2.75, 3.05) is 11.4 Å². The van der Waals surface area contributed by atoms with Crippen LogP contribution in [0.5, 0.6) is 0 Å². The topological polar surface area (TPSA) is 63.9 Å². The molecule has 6 nitrogen and oxygen atoms in total. The molecule has 0 spiro atoms. The molecule has 0 N–H and O–H groups in total. The van der Waals surface area contributed by atoms with Gasteiger partial charge in [-0.2, -0.15) is 18.3 Å². The minimum absolute atomic E-state index is 0.0468. The Labute approximate surface area is 146 Å². The van der Waals surface area contributed by atoms with Crippen molar-refractivity contribution >= 4 is 11.7 Å². The molecule has 3 rings (SSSR count). The van der Waals surface area contributed by atoms with Crippen LogP contribution in [-0.4, -0.2) is 38.4 Å². The number of anilines is 1. The molecular formula is C17H14F3N5O. The van der Waals surface area contributed by atoms with Gasteiger partial charge in [0.05, 0.1) is 17.5 Å². The molecule has 0 fully saturated rings. The molecule has 0 bridgehead atoms. The summed E-state index contributed by atoms with van der Waals surface area (Å²) in [5.74, 6) is -0.454. The lowest BCUT2D eigenvalue weighted by Crippen LogP contribution is -2.39. The maximum absolute atomic E-state index is 13.0. The van der Waals surface area contributed by atoms with Gasteiger partial charge < -0.3 is 0 Å². The summed E-state index contributed by atoms with van der Waals surface area (Å²) in [6.07, 6.45) is -0.450. The van der Waals surface area contributed by atoms with E-state index in [-0.39, 0.29) is 11.4 Å². The van der Waals surface area contributed by atoms with Crippen LogP contribution in [0.25, 0.3) is 5.82 Å². The molecule has 0 aliphatic carbocycles. The van der Waals surface area contributed by atoms with E-state index in [1.165, 1.54) is 29.2 Å². The molecule has 3 aromatic rings. The van der Waals surface area contributed by atoms with Crippen LogP contribution in [-0.2, 0) is 0 Å².